The molecule has 2 N–H and O–H groups in total. The van der Waals surface area contributed by atoms with Gasteiger partial charge in [-0.2, -0.15) is 5.10 Å². The zero-order chi connectivity index (χ0) is 12.8. The molecule has 2 fully saturated rings. The minimum atomic E-state index is -3.40. The van der Waals surface area contributed by atoms with Crippen LogP contribution in [0.1, 0.15) is 31.4 Å². The smallest absolute Gasteiger partial charge is 0.243 e. The van der Waals surface area contributed by atoms with E-state index in [1.54, 1.807) is 6.92 Å². The van der Waals surface area contributed by atoms with E-state index in [9.17, 15) is 8.42 Å². The normalized spacial score (nSPS) is 31.1. The lowest BCUT2D eigenvalue weighted by molar-refractivity contribution is 0.333. The van der Waals surface area contributed by atoms with Gasteiger partial charge in [0.15, 0.2) is 0 Å². The SMILES string of the molecule is Cc1[nH]ncc1S(=O)(=O)NCC1CC2CCC1C2. The average Bonchev–Trinajstić information content (AvgIpc) is 3.01. The first-order chi connectivity index (χ1) is 8.56. The van der Waals surface area contributed by atoms with Gasteiger partial charge in [-0.15, -0.1) is 0 Å². The van der Waals surface area contributed by atoms with Crippen molar-refractivity contribution in [1.82, 2.24) is 14.9 Å². The molecule has 3 rings (SSSR count). The Bertz CT molecular complexity index is 537. The maximum atomic E-state index is 12.1. The van der Waals surface area contributed by atoms with Gasteiger partial charge in [-0.1, -0.05) is 6.42 Å². The van der Waals surface area contributed by atoms with Crippen molar-refractivity contribution < 1.29 is 8.42 Å². The van der Waals surface area contributed by atoms with Crippen molar-refractivity contribution >= 4 is 10.0 Å². The molecule has 100 valence electrons. The number of hydrogen-bond acceptors (Lipinski definition) is 3. The summed E-state index contributed by atoms with van der Waals surface area (Å²) >= 11 is 0. The first-order valence-corrected chi connectivity index (χ1v) is 8.04. The molecule has 0 spiro atoms. The Labute approximate surface area is 107 Å². The van der Waals surface area contributed by atoms with E-state index in [1.807, 2.05) is 0 Å². The van der Waals surface area contributed by atoms with E-state index in [0.29, 0.717) is 18.2 Å². The molecule has 0 saturated heterocycles. The average molecular weight is 269 g/mol. The topological polar surface area (TPSA) is 74.8 Å². The van der Waals surface area contributed by atoms with Gasteiger partial charge in [-0.25, -0.2) is 13.1 Å². The first kappa shape index (κ1) is 12.2. The largest absolute Gasteiger partial charge is 0.281 e. The molecule has 1 aromatic heterocycles. The van der Waals surface area contributed by atoms with E-state index in [2.05, 4.69) is 14.9 Å². The molecule has 0 aliphatic heterocycles. The number of H-pyrrole nitrogens is 1. The van der Waals surface area contributed by atoms with Crippen LogP contribution in [-0.4, -0.2) is 25.2 Å². The minimum absolute atomic E-state index is 0.269. The summed E-state index contributed by atoms with van der Waals surface area (Å²) in [7, 11) is -3.40. The van der Waals surface area contributed by atoms with Crippen LogP contribution in [0.2, 0.25) is 0 Å². The number of nitrogens with one attached hydrogen (secondary N) is 2. The van der Waals surface area contributed by atoms with E-state index in [0.717, 1.165) is 11.8 Å². The molecule has 5 nitrogen and oxygen atoms in total. The molecule has 2 bridgehead atoms. The van der Waals surface area contributed by atoms with Gasteiger partial charge < -0.3 is 0 Å². The fraction of sp³-hybridized carbons (Fsp3) is 0.750. The van der Waals surface area contributed by atoms with E-state index in [-0.39, 0.29) is 4.90 Å². The van der Waals surface area contributed by atoms with Gasteiger partial charge in [-0.3, -0.25) is 5.10 Å². The second-order valence-electron chi connectivity index (χ2n) is 5.65. The highest BCUT2D eigenvalue weighted by Gasteiger charge is 2.39. The van der Waals surface area contributed by atoms with Gasteiger partial charge in [0.1, 0.15) is 4.90 Å². The third kappa shape index (κ3) is 2.07. The number of nitrogens with zero attached hydrogens (tertiary/aromatic N) is 1. The summed E-state index contributed by atoms with van der Waals surface area (Å²) in [5.41, 5.74) is 0.593. The number of hydrogen-bond donors (Lipinski definition) is 2. The molecule has 1 heterocycles. The number of fused-ring (bicyclic) bond motifs is 2. The lowest BCUT2D eigenvalue weighted by atomic mass is 9.89. The van der Waals surface area contributed by atoms with Crippen LogP contribution < -0.4 is 4.72 Å². The molecule has 1 aromatic rings. The maximum absolute atomic E-state index is 12.1. The van der Waals surface area contributed by atoms with Gasteiger partial charge in [0.05, 0.1) is 11.9 Å². The number of aryl methyl sites for hydroxylation is 1. The van der Waals surface area contributed by atoms with Crippen LogP contribution >= 0.6 is 0 Å². The Morgan fingerprint density at radius 2 is 2.28 bits per heavy atom. The third-order valence-electron chi connectivity index (χ3n) is 4.49. The van der Waals surface area contributed by atoms with Gasteiger partial charge in [-0.05, 0) is 43.9 Å². The monoisotopic (exact) mass is 269 g/mol. The van der Waals surface area contributed by atoms with E-state index in [1.165, 1.54) is 31.9 Å². The number of rotatable bonds is 4. The number of aromatic amines is 1. The van der Waals surface area contributed by atoms with Crippen molar-refractivity contribution in [2.75, 3.05) is 6.54 Å². The molecular formula is C12H19N3O2S. The highest BCUT2D eigenvalue weighted by molar-refractivity contribution is 7.89. The van der Waals surface area contributed by atoms with Gasteiger partial charge in [0, 0.05) is 6.54 Å². The zero-order valence-electron chi connectivity index (χ0n) is 10.5. The van der Waals surface area contributed by atoms with Crippen LogP contribution in [0, 0.1) is 24.7 Å². The molecule has 2 aliphatic rings. The molecule has 0 radical (unpaired) electrons. The standard InChI is InChI=1S/C12H19N3O2S/c1-8-12(7-13-15-8)18(16,17)14-6-11-5-9-2-3-10(11)4-9/h7,9-11,14H,2-6H2,1H3,(H,13,15). The quantitative estimate of drug-likeness (QED) is 0.868. The van der Waals surface area contributed by atoms with Gasteiger partial charge in [0.25, 0.3) is 0 Å². The van der Waals surface area contributed by atoms with Crippen molar-refractivity contribution in [3.8, 4) is 0 Å². The zero-order valence-corrected chi connectivity index (χ0v) is 11.3. The summed E-state index contributed by atoms with van der Waals surface area (Å²) in [5.74, 6) is 2.12. The second-order valence-corrected chi connectivity index (χ2v) is 7.38. The van der Waals surface area contributed by atoms with Crippen LogP contribution in [0.4, 0.5) is 0 Å². The van der Waals surface area contributed by atoms with Crippen LogP contribution in [0.3, 0.4) is 0 Å². The molecule has 0 amide bonds. The predicted octanol–water partition coefficient (Wildman–Crippen LogP) is 1.43. The lowest BCUT2D eigenvalue weighted by Gasteiger charge is -2.21. The second kappa shape index (κ2) is 4.35. The molecule has 18 heavy (non-hydrogen) atoms. The lowest BCUT2D eigenvalue weighted by Crippen LogP contribution is -2.31. The summed E-state index contributed by atoms with van der Waals surface area (Å²) < 4.78 is 27.0. The van der Waals surface area contributed by atoms with Crippen molar-refractivity contribution in [2.45, 2.75) is 37.5 Å². The van der Waals surface area contributed by atoms with Crippen molar-refractivity contribution in [1.29, 1.82) is 0 Å². The maximum Gasteiger partial charge on any atom is 0.243 e. The van der Waals surface area contributed by atoms with Gasteiger partial charge in [0.2, 0.25) is 10.0 Å². The molecular weight excluding hydrogens is 250 g/mol. The Morgan fingerprint density at radius 3 is 2.83 bits per heavy atom. The molecule has 3 atom stereocenters. The summed E-state index contributed by atoms with van der Waals surface area (Å²) in [6.07, 6.45) is 6.49. The number of aromatic nitrogens is 2. The molecule has 2 aliphatic carbocycles. The van der Waals surface area contributed by atoms with Gasteiger partial charge >= 0.3 is 0 Å². The Balaban J connectivity index is 1.65. The fourth-order valence-electron chi connectivity index (χ4n) is 3.53. The summed E-state index contributed by atoms with van der Waals surface area (Å²) in [6, 6.07) is 0. The fourth-order valence-corrected chi connectivity index (χ4v) is 4.76. The minimum Gasteiger partial charge on any atom is -0.281 e. The molecule has 2 saturated carbocycles. The van der Waals surface area contributed by atoms with Crippen molar-refractivity contribution in [2.24, 2.45) is 17.8 Å². The molecule has 3 unspecified atom stereocenters. The molecule has 6 heteroatoms. The Kier molecular flexibility index (Phi) is 2.94. The van der Waals surface area contributed by atoms with Crippen LogP contribution in [-0.2, 0) is 10.0 Å². The van der Waals surface area contributed by atoms with E-state index in [4.69, 9.17) is 0 Å². The summed E-state index contributed by atoms with van der Waals surface area (Å²) in [6.45, 7) is 2.30. The predicted molar refractivity (Wildman–Crippen MR) is 67.5 cm³/mol. The third-order valence-corrected chi connectivity index (χ3v) is 6.03. The highest BCUT2D eigenvalue weighted by Crippen LogP contribution is 2.48. The summed E-state index contributed by atoms with van der Waals surface area (Å²) in [5, 5.41) is 6.42. The van der Waals surface area contributed by atoms with Crippen molar-refractivity contribution in [3.05, 3.63) is 11.9 Å². The van der Waals surface area contributed by atoms with E-state index < -0.39 is 10.0 Å². The Hall–Kier alpha value is -0.880. The highest BCUT2D eigenvalue weighted by atomic mass is 32.2. The number of sulfonamides is 1. The van der Waals surface area contributed by atoms with E-state index >= 15 is 0 Å². The Morgan fingerprint density at radius 1 is 1.44 bits per heavy atom. The molecule has 0 aromatic carbocycles. The van der Waals surface area contributed by atoms with Crippen LogP contribution in [0.5, 0.6) is 0 Å². The first-order valence-electron chi connectivity index (χ1n) is 6.56. The van der Waals surface area contributed by atoms with Crippen molar-refractivity contribution in [3.63, 3.8) is 0 Å². The summed E-state index contributed by atoms with van der Waals surface area (Å²) in [4.78, 5) is 0.269. The van der Waals surface area contributed by atoms with Crippen LogP contribution in [0.25, 0.3) is 0 Å². The van der Waals surface area contributed by atoms with Crippen LogP contribution in [0.15, 0.2) is 11.1 Å².